The number of alkyl carbamates (subject to hydrolysis) is 1. The molecule has 0 spiro atoms. The summed E-state index contributed by atoms with van der Waals surface area (Å²) in [7, 11) is -1.06. The first-order valence-corrected chi connectivity index (χ1v) is 13.9. The Morgan fingerprint density at radius 3 is 2.21 bits per heavy atom. The van der Waals surface area contributed by atoms with Gasteiger partial charge >= 0.3 is 12.1 Å². The lowest BCUT2D eigenvalue weighted by atomic mass is 10.1. The predicted octanol–water partition coefficient (Wildman–Crippen LogP) is 4.57. The van der Waals surface area contributed by atoms with Gasteiger partial charge in [0.25, 0.3) is 5.69 Å². The average Bonchev–Trinajstić information content (AvgIpc) is 2.69. The van der Waals surface area contributed by atoms with E-state index in [1.165, 1.54) is 19.2 Å². The van der Waals surface area contributed by atoms with Crippen LogP contribution in [-0.2, 0) is 30.0 Å². The van der Waals surface area contributed by atoms with Crippen LogP contribution in [0.4, 0.5) is 10.5 Å². The third-order valence-corrected chi connectivity index (χ3v) is 10.0. The fraction of sp³-hybridized carbons (Fsp3) is 0.652. The summed E-state index contributed by atoms with van der Waals surface area (Å²) in [5.41, 5.74) is -0.621. The number of ether oxygens (including phenoxy) is 3. The van der Waals surface area contributed by atoms with Gasteiger partial charge in [-0.25, -0.2) is 9.59 Å². The van der Waals surface area contributed by atoms with Crippen molar-refractivity contribution in [1.29, 1.82) is 0 Å². The molecule has 34 heavy (non-hydrogen) atoms. The van der Waals surface area contributed by atoms with Crippen molar-refractivity contribution in [2.45, 2.75) is 84.0 Å². The predicted molar refractivity (Wildman–Crippen MR) is 130 cm³/mol. The molecular weight excluding hydrogens is 460 g/mol. The maximum absolute atomic E-state index is 12.7. The lowest BCUT2D eigenvalue weighted by molar-refractivity contribution is -0.386. The maximum atomic E-state index is 12.7. The second-order valence-electron chi connectivity index (χ2n) is 10.5. The van der Waals surface area contributed by atoms with Crippen LogP contribution in [-0.4, -0.2) is 56.8 Å². The van der Waals surface area contributed by atoms with E-state index in [1.807, 2.05) is 13.1 Å². The normalized spacial score (nSPS) is 14.1. The second kappa shape index (κ2) is 11.8. The number of carbonyl (C=O) groups excluding carboxylic acids is 2. The molecule has 1 N–H and O–H groups in total. The van der Waals surface area contributed by atoms with Crippen molar-refractivity contribution in [2.24, 2.45) is 0 Å². The summed E-state index contributed by atoms with van der Waals surface area (Å²) in [6.07, 6.45) is -2.04. The number of amides is 1. The molecule has 0 aromatic heterocycles. The van der Waals surface area contributed by atoms with Crippen molar-refractivity contribution < 1.29 is 33.1 Å². The van der Waals surface area contributed by atoms with Crippen LogP contribution in [0.25, 0.3) is 0 Å². The quantitative estimate of drug-likeness (QED) is 0.215. The van der Waals surface area contributed by atoms with Crippen LogP contribution in [0.1, 0.15) is 47.1 Å². The van der Waals surface area contributed by atoms with Crippen LogP contribution in [0.15, 0.2) is 24.3 Å². The summed E-state index contributed by atoms with van der Waals surface area (Å²) in [5.74, 6) is -0.751. The molecule has 0 bridgehead atoms. The summed E-state index contributed by atoms with van der Waals surface area (Å²) in [6.45, 7) is 15.2. The minimum atomic E-state index is -2.26. The Bertz CT molecular complexity index is 861. The lowest BCUT2D eigenvalue weighted by Crippen LogP contribution is -2.54. The molecule has 0 unspecified atom stereocenters. The van der Waals surface area contributed by atoms with Gasteiger partial charge in [0.05, 0.1) is 36.9 Å². The third-order valence-electron chi connectivity index (χ3n) is 5.54. The monoisotopic (exact) mass is 498 g/mol. The van der Waals surface area contributed by atoms with Gasteiger partial charge in [0.1, 0.15) is 5.60 Å². The number of benzene rings is 1. The van der Waals surface area contributed by atoms with E-state index in [0.717, 1.165) is 0 Å². The van der Waals surface area contributed by atoms with Crippen molar-refractivity contribution in [3.05, 3.63) is 39.9 Å². The first-order valence-electron chi connectivity index (χ1n) is 11.0. The van der Waals surface area contributed by atoms with E-state index >= 15 is 0 Å². The number of rotatable bonds is 10. The Balaban J connectivity index is 3.22. The highest BCUT2D eigenvalue weighted by Gasteiger charge is 2.40. The molecular formula is C23H38N2O8Si. The van der Waals surface area contributed by atoms with Gasteiger partial charge in [-0.2, -0.15) is 0 Å². The maximum Gasteiger partial charge on any atom is 0.408 e. The number of para-hydroxylation sites is 1. The number of methoxy groups -OCH3 is 1. The summed E-state index contributed by atoms with van der Waals surface area (Å²) >= 11 is 0. The molecule has 0 aliphatic carbocycles. The Hall–Kier alpha value is -2.50. The molecule has 1 aromatic carbocycles. The fourth-order valence-electron chi connectivity index (χ4n) is 2.63. The molecule has 0 fully saturated rings. The molecule has 0 heterocycles. The highest BCUT2D eigenvalue weighted by atomic mass is 28.4. The molecule has 0 aliphatic heterocycles. The third kappa shape index (κ3) is 9.03. The Labute approximate surface area is 202 Å². The SMILES string of the molecule is COC(=O)[C@@H](OCc1ccccc1[N+](=O)[O-])[C@@H](CO[Si](C)(C)C(C)(C)C)NC(=O)OC(C)(C)C. The number of hydrogen-bond acceptors (Lipinski definition) is 8. The van der Waals surface area contributed by atoms with Gasteiger partial charge in [-0.15, -0.1) is 0 Å². The summed E-state index contributed by atoms with van der Waals surface area (Å²) < 4.78 is 22.3. The van der Waals surface area contributed by atoms with Crippen molar-refractivity contribution >= 4 is 26.1 Å². The van der Waals surface area contributed by atoms with Gasteiger partial charge in [0.15, 0.2) is 14.4 Å². The van der Waals surface area contributed by atoms with Crippen LogP contribution in [0.5, 0.6) is 0 Å². The van der Waals surface area contributed by atoms with Crippen molar-refractivity contribution in [3.63, 3.8) is 0 Å². The van der Waals surface area contributed by atoms with Crippen LogP contribution in [0.3, 0.4) is 0 Å². The largest absolute Gasteiger partial charge is 0.467 e. The zero-order valence-electron chi connectivity index (χ0n) is 21.6. The molecule has 10 nitrogen and oxygen atoms in total. The van der Waals surface area contributed by atoms with E-state index in [0.29, 0.717) is 0 Å². The standard InChI is InChI=1S/C23H38N2O8Si/c1-22(2,3)33-21(27)24-17(15-32-34(8,9)23(4,5)6)19(20(26)30-7)31-14-16-12-10-11-13-18(16)25(28)29/h10-13,17,19H,14-15H2,1-9H3,(H,24,27)/t17-,19+/m1/s1. The minimum absolute atomic E-state index is 0.0353. The van der Waals surface area contributed by atoms with Gasteiger partial charge in [-0.05, 0) is 45.0 Å². The number of esters is 1. The van der Waals surface area contributed by atoms with Gasteiger partial charge < -0.3 is 24.0 Å². The molecule has 0 saturated heterocycles. The highest BCUT2D eigenvalue weighted by molar-refractivity contribution is 6.74. The second-order valence-corrected chi connectivity index (χ2v) is 15.3. The van der Waals surface area contributed by atoms with Gasteiger partial charge in [0, 0.05) is 6.07 Å². The summed E-state index contributed by atoms with van der Waals surface area (Å²) in [6, 6.07) is 5.10. The molecule has 2 atom stereocenters. The highest BCUT2D eigenvalue weighted by Crippen LogP contribution is 2.36. The van der Waals surface area contributed by atoms with E-state index in [4.69, 9.17) is 18.6 Å². The number of nitro groups is 1. The number of nitro benzene ring substituents is 1. The zero-order chi connectivity index (χ0) is 26.3. The summed E-state index contributed by atoms with van der Waals surface area (Å²) in [4.78, 5) is 36.0. The fourth-order valence-corrected chi connectivity index (χ4v) is 3.66. The average molecular weight is 499 g/mol. The van der Waals surface area contributed by atoms with Gasteiger partial charge in [0.2, 0.25) is 0 Å². The molecule has 0 saturated carbocycles. The first kappa shape index (κ1) is 29.5. The zero-order valence-corrected chi connectivity index (χ0v) is 22.6. The van der Waals surface area contributed by atoms with Crippen molar-refractivity contribution in [2.75, 3.05) is 13.7 Å². The number of hydrogen-bond donors (Lipinski definition) is 1. The molecule has 11 heteroatoms. The molecule has 192 valence electrons. The number of nitrogens with zero attached hydrogens (tertiary/aromatic N) is 1. The van der Waals surface area contributed by atoms with Crippen LogP contribution in [0, 0.1) is 10.1 Å². The van der Waals surface area contributed by atoms with Crippen LogP contribution >= 0.6 is 0 Å². The Kier molecular flexibility index (Phi) is 10.2. The van der Waals surface area contributed by atoms with E-state index < -0.39 is 43.1 Å². The molecule has 0 radical (unpaired) electrons. The van der Waals surface area contributed by atoms with Crippen LogP contribution in [0.2, 0.25) is 18.1 Å². The van der Waals surface area contributed by atoms with E-state index in [9.17, 15) is 19.7 Å². The molecule has 1 aromatic rings. The lowest BCUT2D eigenvalue weighted by Gasteiger charge is -2.38. The number of carbonyl (C=O) groups is 2. The van der Waals surface area contributed by atoms with E-state index in [2.05, 4.69) is 26.1 Å². The first-order chi connectivity index (χ1) is 15.5. The van der Waals surface area contributed by atoms with Gasteiger partial charge in [-0.3, -0.25) is 10.1 Å². The molecule has 1 rings (SSSR count). The Morgan fingerprint density at radius 1 is 1.12 bits per heavy atom. The smallest absolute Gasteiger partial charge is 0.408 e. The topological polar surface area (TPSA) is 126 Å². The minimum Gasteiger partial charge on any atom is -0.467 e. The van der Waals surface area contributed by atoms with Gasteiger partial charge in [-0.1, -0.05) is 32.9 Å². The molecule has 1 amide bonds. The van der Waals surface area contributed by atoms with Crippen molar-refractivity contribution in [1.82, 2.24) is 5.32 Å². The Morgan fingerprint density at radius 2 is 1.71 bits per heavy atom. The van der Waals surface area contributed by atoms with E-state index in [1.54, 1.807) is 32.9 Å². The van der Waals surface area contributed by atoms with Crippen molar-refractivity contribution in [3.8, 4) is 0 Å². The summed E-state index contributed by atoms with van der Waals surface area (Å²) in [5, 5.41) is 13.9. The van der Waals surface area contributed by atoms with Crippen LogP contribution < -0.4 is 5.32 Å². The van der Waals surface area contributed by atoms with E-state index in [-0.39, 0.29) is 29.5 Å². The molecule has 0 aliphatic rings. The number of nitrogens with one attached hydrogen (secondary N) is 1.